The predicted molar refractivity (Wildman–Crippen MR) is 122 cm³/mol. The number of nitrogens with one attached hydrogen (secondary N) is 1. The molecule has 1 aliphatic heterocycles. The number of amides is 1. The molecule has 0 unspecified atom stereocenters. The van der Waals surface area contributed by atoms with Gasteiger partial charge < -0.3 is 5.32 Å². The molecule has 0 bridgehead atoms. The summed E-state index contributed by atoms with van der Waals surface area (Å²) >= 11 is 6.06. The smallest absolute Gasteiger partial charge is 0.271 e. The first-order valence-corrected chi connectivity index (χ1v) is 11.9. The lowest BCUT2D eigenvalue weighted by Crippen LogP contribution is -2.53. The van der Waals surface area contributed by atoms with Crippen LogP contribution in [-0.2, 0) is 14.8 Å². The van der Waals surface area contributed by atoms with Crippen LogP contribution in [0.15, 0.2) is 41.3 Å². The summed E-state index contributed by atoms with van der Waals surface area (Å²) in [6, 6.07) is 8.34. The fraction of sp³-hybridized carbons (Fsp3) is 0.381. The second-order valence-corrected chi connectivity index (χ2v) is 10.1. The lowest BCUT2D eigenvalue weighted by Gasteiger charge is -2.36. The van der Waals surface area contributed by atoms with Crippen LogP contribution >= 0.6 is 11.6 Å². The molecule has 0 saturated carbocycles. The third-order valence-electron chi connectivity index (χ3n) is 5.74. The number of aryl methyl sites for hydroxylation is 2. The number of piperazine rings is 1. The van der Waals surface area contributed by atoms with Gasteiger partial charge in [0.15, 0.2) is 0 Å². The second-order valence-electron chi connectivity index (χ2n) is 7.77. The standard InChI is InChI=1S/C21H25ClN4O5S/c1-14-4-6-18(12-15(14)2)32(30,31)25-10-8-24(9-11-25)16(3)21(27)23-20-13-17(26(28)29)5-7-19(20)22/h4-7,12-13,16H,8-11H2,1-3H3,(H,23,27)/t16-/m1/s1. The maximum Gasteiger partial charge on any atom is 0.271 e. The highest BCUT2D eigenvalue weighted by Gasteiger charge is 2.32. The number of sulfonamides is 1. The van der Waals surface area contributed by atoms with Gasteiger partial charge in [0.1, 0.15) is 0 Å². The van der Waals surface area contributed by atoms with Gasteiger partial charge in [0.25, 0.3) is 5.69 Å². The summed E-state index contributed by atoms with van der Waals surface area (Å²) in [6.07, 6.45) is 0. The van der Waals surface area contributed by atoms with Gasteiger partial charge in [0.2, 0.25) is 15.9 Å². The van der Waals surface area contributed by atoms with E-state index in [1.807, 2.05) is 18.7 Å². The number of nitro groups is 1. The fourth-order valence-electron chi connectivity index (χ4n) is 3.48. The van der Waals surface area contributed by atoms with Crippen molar-refractivity contribution in [2.75, 3.05) is 31.5 Å². The molecule has 0 aromatic heterocycles. The van der Waals surface area contributed by atoms with Crippen molar-refractivity contribution in [3.8, 4) is 0 Å². The number of anilines is 1. The highest BCUT2D eigenvalue weighted by atomic mass is 35.5. The van der Waals surface area contributed by atoms with Crippen molar-refractivity contribution < 1.29 is 18.1 Å². The Morgan fingerprint density at radius 1 is 1.09 bits per heavy atom. The molecule has 1 aliphatic rings. The van der Waals surface area contributed by atoms with Crippen LogP contribution in [-0.4, -0.2) is 60.7 Å². The SMILES string of the molecule is Cc1ccc(S(=O)(=O)N2CCN([C@H](C)C(=O)Nc3cc([N+](=O)[O-])ccc3Cl)CC2)cc1C. The molecular weight excluding hydrogens is 456 g/mol. The average Bonchev–Trinajstić information content (AvgIpc) is 2.76. The molecular formula is C21H25ClN4O5S. The zero-order valence-electron chi connectivity index (χ0n) is 18.0. The van der Waals surface area contributed by atoms with Crippen molar-refractivity contribution in [1.82, 2.24) is 9.21 Å². The number of nitrogens with zero attached hydrogens (tertiary/aromatic N) is 3. The Bertz CT molecular complexity index is 1150. The van der Waals surface area contributed by atoms with Gasteiger partial charge >= 0.3 is 0 Å². The highest BCUT2D eigenvalue weighted by Crippen LogP contribution is 2.27. The lowest BCUT2D eigenvalue weighted by atomic mass is 10.1. The molecule has 1 saturated heterocycles. The minimum absolute atomic E-state index is 0.161. The van der Waals surface area contributed by atoms with E-state index in [0.717, 1.165) is 11.1 Å². The summed E-state index contributed by atoms with van der Waals surface area (Å²) in [7, 11) is -3.61. The Morgan fingerprint density at radius 2 is 1.75 bits per heavy atom. The van der Waals surface area contributed by atoms with Crippen LogP contribution in [0.4, 0.5) is 11.4 Å². The minimum atomic E-state index is -3.61. The zero-order valence-corrected chi connectivity index (χ0v) is 19.6. The van der Waals surface area contributed by atoms with E-state index in [2.05, 4.69) is 5.32 Å². The van der Waals surface area contributed by atoms with Crippen LogP contribution in [0, 0.1) is 24.0 Å². The summed E-state index contributed by atoms with van der Waals surface area (Å²) in [5, 5.41) is 13.8. The second kappa shape index (κ2) is 9.53. The fourth-order valence-corrected chi connectivity index (χ4v) is 5.15. The normalized spacial score (nSPS) is 16.5. The van der Waals surface area contributed by atoms with Crippen LogP contribution < -0.4 is 5.32 Å². The van der Waals surface area contributed by atoms with E-state index in [1.165, 1.54) is 22.5 Å². The van der Waals surface area contributed by atoms with Crippen LogP contribution in [0.2, 0.25) is 5.02 Å². The van der Waals surface area contributed by atoms with E-state index in [1.54, 1.807) is 25.1 Å². The van der Waals surface area contributed by atoms with Gasteiger partial charge in [-0.05, 0) is 50.1 Å². The molecule has 1 atom stereocenters. The molecule has 1 heterocycles. The van der Waals surface area contributed by atoms with Crippen LogP contribution in [0.1, 0.15) is 18.1 Å². The monoisotopic (exact) mass is 480 g/mol. The van der Waals surface area contributed by atoms with Gasteiger partial charge in [-0.1, -0.05) is 17.7 Å². The summed E-state index contributed by atoms with van der Waals surface area (Å²) in [5.74, 6) is -0.377. The van der Waals surface area contributed by atoms with Gasteiger partial charge in [-0.25, -0.2) is 8.42 Å². The topological polar surface area (TPSA) is 113 Å². The van der Waals surface area contributed by atoms with E-state index in [4.69, 9.17) is 11.6 Å². The maximum atomic E-state index is 13.0. The number of carbonyl (C=O) groups excluding carboxylic acids is 1. The number of non-ortho nitro benzene ring substituents is 1. The Balaban J connectivity index is 1.64. The van der Waals surface area contributed by atoms with Crippen LogP contribution in [0.25, 0.3) is 0 Å². The lowest BCUT2D eigenvalue weighted by molar-refractivity contribution is -0.384. The van der Waals surface area contributed by atoms with E-state index in [0.29, 0.717) is 13.1 Å². The van der Waals surface area contributed by atoms with Crippen molar-refractivity contribution >= 4 is 38.9 Å². The number of carbonyl (C=O) groups is 1. The number of benzene rings is 2. The van der Waals surface area contributed by atoms with Gasteiger partial charge in [0.05, 0.1) is 26.6 Å². The first-order valence-electron chi connectivity index (χ1n) is 10.1. The quantitative estimate of drug-likeness (QED) is 0.501. The van der Waals surface area contributed by atoms with Crippen LogP contribution in [0.3, 0.4) is 0 Å². The molecule has 1 fully saturated rings. The van der Waals surface area contributed by atoms with E-state index < -0.39 is 21.0 Å². The van der Waals surface area contributed by atoms with Gasteiger partial charge in [-0.2, -0.15) is 4.31 Å². The Morgan fingerprint density at radius 3 is 2.34 bits per heavy atom. The number of nitro benzene ring substituents is 1. The Hall–Kier alpha value is -2.53. The maximum absolute atomic E-state index is 13.0. The molecule has 11 heteroatoms. The van der Waals surface area contributed by atoms with E-state index >= 15 is 0 Å². The Kier molecular flexibility index (Phi) is 7.19. The molecule has 2 aromatic carbocycles. The van der Waals surface area contributed by atoms with E-state index in [-0.39, 0.29) is 40.3 Å². The molecule has 3 rings (SSSR count). The molecule has 1 N–H and O–H groups in total. The van der Waals surface area contributed by atoms with E-state index in [9.17, 15) is 23.3 Å². The molecule has 32 heavy (non-hydrogen) atoms. The average molecular weight is 481 g/mol. The third-order valence-corrected chi connectivity index (χ3v) is 7.96. The summed E-state index contributed by atoms with van der Waals surface area (Å²) in [5.41, 5.74) is 1.92. The summed E-state index contributed by atoms with van der Waals surface area (Å²) in [4.78, 5) is 25.2. The summed E-state index contributed by atoms with van der Waals surface area (Å²) in [6.45, 7) is 6.77. The van der Waals surface area contributed by atoms with Crippen molar-refractivity contribution in [1.29, 1.82) is 0 Å². The Labute approximate surface area is 192 Å². The predicted octanol–water partition coefficient (Wildman–Crippen LogP) is 3.20. The first kappa shape index (κ1) is 24.1. The number of halogens is 1. The third kappa shape index (κ3) is 5.09. The minimum Gasteiger partial charge on any atom is -0.323 e. The molecule has 0 radical (unpaired) electrons. The van der Waals surface area contributed by atoms with Gasteiger partial charge in [-0.3, -0.25) is 19.8 Å². The molecule has 9 nitrogen and oxygen atoms in total. The number of rotatable bonds is 6. The van der Waals surface area contributed by atoms with Crippen molar-refractivity contribution in [2.45, 2.75) is 31.7 Å². The van der Waals surface area contributed by atoms with Crippen molar-refractivity contribution in [2.24, 2.45) is 0 Å². The van der Waals surface area contributed by atoms with Crippen molar-refractivity contribution in [3.63, 3.8) is 0 Å². The number of hydrogen-bond donors (Lipinski definition) is 1. The summed E-state index contributed by atoms with van der Waals surface area (Å²) < 4.78 is 27.4. The molecule has 0 aliphatic carbocycles. The highest BCUT2D eigenvalue weighted by molar-refractivity contribution is 7.89. The molecule has 2 aromatic rings. The number of hydrogen-bond acceptors (Lipinski definition) is 6. The zero-order chi connectivity index (χ0) is 23.6. The first-order chi connectivity index (χ1) is 15.0. The largest absolute Gasteiger partial charge is 0.323 e. The van der Waals surface area contributed by atoms with Crippen LogP contribution in [0.5, 0.6) is 0 Å². The molecule has 0 spiro atoms. The van der Waals surface area contributed by atoms with Gasteiger partial charge in [0, 0.05) is 38.3 Å². The van der Waals surface area contributed by atoms with Gasteiger partial charge in [-0.15, -0.1) is 0 Å². The molecule has 1 amide bonds. The molecule has 172 valence electrons. The van der Waals surface area contributed by atoms with Crippen molar-refractivity contribution in [3.05, 3.63) is 62.7 Å².